The third-order valence-electron chi connectivity index (χ3n) is 4.18. The molecule has 2 aromatic rings. The SMILES string of the molecule is C=Cc1c(S(=O)(=O)N[C@H](C)C(F)(F)F)c(F)c(C(=O)Nc2ccc(F)c(C#N)c2)n1C. The number of hydrogen-bond donors (Lipinski definition) is 2. The Hall–Kier alpha value is -3.24. The molecular weight excluding hydrogens is 447 g/mol. The summed E-state index contributed by atoms with van der Waals surface area (Å²) < 4.78 is 93.7. The van der Waals surface area contributed by atoms with Gasteiger partial charge < -0.3 is 9.88 Å². The molecule has 1 heterocycles. The van der Waals surface area contributed by atoms with Gasteiger partial charge in [-0.2, -0.15) is 23.2 Å². The minimum atomic E-state index is -5.05. The number of nitriles is 1. The summed E-state index contributed by atoms with van der Waals surface area (Å²) in [7, 11) is -3.95. The maximum absolute atomic E-state index is 15.0. The van der Waals surface area contributed by atoms with Gasteiger partial charge in [0.05, 0.1) is 11.3 Å². The van der Waals surface area contributed by atoms with Crippen molar-refractivity contribution >= 4 is 27.7 Å². The lowest BCUT2D eigenvalue weighted by Gasteiger charge is -2.17. The van der Waals surface area contributed by atoms with E-state index in [0.717, 1.165) is 35.9 Å². The number of aromatic nitrogens is 1. The minimum absolute atomic E-state index is 0.100. The Bertz CT molecular complexity index is 1200. The van der Waals surface area contributed by atoms with E-state index in [1.54, 1.807) is 6.07 Å². The van der Waals surface area contributed by atoms with Gasteiger partial charge in [0.2, 0.25) is 10.0 Å². The molecule has 0 bridgehead atoms. The molecule has 0 saturated heterocycles. The highest BCUT2D eigenvalue weighted by molar-refractivity contribution is 7.89. The molecule has 0 aliphatic carbocycles. The van der Waals surface area contributed by atoms with Crippen molar-refractivity contribution in [2.45, 2.75) is 24.0 Å². The van der Waals surface area contributed by atoms with E-state index in [-0.39, 0.29) is 5.69 Å². The molecule has 2 N–H and O–H groups in total. The van der Waals surface area contributed by atoms with Crippen molar-refractivity contribution in [2.75, 3.05) is 5.32 Å². The molecule has 166 valence electrons. The average Bonchev–Trinajstić information content (AvgIpc) is 2.92. The molecule has 0 fully saturated rings. The zero-order chi connectivity index (χ0) is 23.7. The summed E-state index contributed by atoms with van der Waals surface area (Å²) in [5.41, 5.74) is -1.82. The van der Waals surface area contributed by atoms with Gasteiger partial charge in [-0.3, -0.25) is 4.79 Å². The molecule has 1 atom stereocenters. The van der Waals surface area contributed by atoms with Crippen LogP contribution >= 0.6 is 0 Å². The van der Waals surface area contributed by atoms with E-state index in [0.29, 0.717) is 6.92 Å². The first-order chi connectivity index (χ1) is 14.2. The third kappa shape index (κ3) is 4.75. The van der Waals surface area contributed by atoms with E-state index < -0.39 is 61.6 Å². The number of anilines is 1. The summed E-state index contributed by atoms with van der Waals surface area (Å²) in [6.07, 6.45) is -4.08. The monoisotopic (exact) mass is 462 g/mol. The summed E-state index contributed by atoms with van der Waals surface area (Å²) in [6, 6.07) is 1.93. The number of benzene rings is 1. The number of halogens is 5. The molecular formula is C18H15F5N4O3S. The first-order valence-electron chi connectivity index (χ1n) is 8.35. The number of nitrogens with one attached hydrogen (secondary N) is 2. The summed E-state index contributed by atoms with van der Waals surface area (Å²) in [5, 5.41) is 11.0. The predicted octanol–water partition coefficient (Wildman–Crippen LogP) is 3.30. The standard InChI is InChI=1S/C18H15F5N4O3S/c1-4-13-16(31(29,30)26-9(2)18(21,22)23)14(20)15(27(13)3)17(28)25-11-5-6-12(19)10(7-11)8-24/h4-7,9,26H,1H2,2-3H3,(H,25,28)/t9-/m1/s1. The number of rotatable bonds is 6. The lowest BCUT2D eigenvalue weighted by atomic mass is 10.2. The summed E-state index contributed by atoms with van der Waals surface area (Å²) >= 11 is 0. The van der Waals surface area contributed by atoms with E-state index in [1.165, 1.54) is 4.72 Å². The molecule has 13 heteroatoms. The highest BCUT2D eigenvalue weighted by Crippen LogP contribution is 2.29. The second-order valence-corrected chi connectivity index (χ2v) is 7.94. The highest BCUT2D eigenvalue weighted by atomic mass is 32.2. The quantitative estimate of drug-likeness (QED) is 0.643. The van der Waals surface area contributed by atoms with Crippen LogP contribution in [0.25, 0.3) is 6.08 Å². The third-order valence-corrected chi connectivity index (χ3v) is 5.77. The van der Waals surface area contributed by atoms with Crippen molar-refractivity contribution in [2.24, 2.45) is 7.05 Å². The fraction of sp³-hybridized carbons (Fsp3) is 0.222. The maximum Gasteiger partial charge on any atom is 0.404 e. The Morgan fingerprint density at radius 3 is 2.45 bits per heavy atom. The van der Waals surface area contributed by atoms with Gasteiger partial charge in [0.15, 0.2) is 5.82 Å². The Balaban J connectivity index is 2.52. The van der Waals surface area contributed by atoms with Crippen LogP contribution in [0.2, 0.25) is 0 Å². The van der Waals surface area contributed by atoms with Crippen LogP contribution in [0.15, 0.2) is 29.7 Å². The summed E-state index contributed by atoms with van der Waals surface area (Å²) in [4.78, 5) is 11.4. The van der Waals surface area contributed by atoms with Crippen LogP contribution in [0.4, 0.5) is 27.6 Å². The molecule has 1 aromatic heterocycles. The number of hydrogen-bond acceptors (Lipinski definition) is 4. The highest BCUT2D eigenvalue weighted by Gasteiger charge is 2.41. The van der Waals surface area contributed by atoms with Crippen LogP contribution in [0.5, 0.6) is 0 Å². The van der Waals surface area contributed by atoms with Crippen molar-refractivity contribution < 1.29 is 35.2 Å². The van der Waals surface area contributed by atoms with Gasteiger partial charge in [-0.15, -0.1) is 0 Å². The number of carbonyl (C=O) groups is 1. The lowest BCUT2D eigenvalue weighted by molar-refractivity contribution is -0.147. The number of nitrogens with zero attached hydrogens (tertiary/aromatic N) is 2. The van der Waals surface area contributed by atoms with Gasteiger partial charge in [-0.1, -0.05) is 6.58 Å². The van der Waals surface area contributed by atoms with Crippen molar-refractivity contribution in [3.05, 3.63) is 53.4 Å². The second kappa shape index (κ2) is 8.48. The Morgan fingerprint density at radius 1 is 1.32 bits per heavy atom. The number of alkyl halides is 3. The summed E-state index contributed by atoms with van der Waals surface area (Å²) in [6.45, 7) is 3.84. The molecule has 0 radical (unpaired) electrons. The van der Waals surface area contributed by atoms with Crippen LogP contribution in [0, 0.1) is 23.0 Å². The van der Waals surface area contributed by atoms with Crippen LogP contribution in [0.1, 0.15) is 28.7 Å². The van der Waals surface area contributed by atoms with E-state index in [9.17, 15) is 30.8 Å². The first kappa shape index (κ1) is 24.0. The van der Waals surface area contributed by atoms with E-state index >= 15 is 4.39 Å². The largest absolute Gasteiger partial charge is 0.404 e. The first-order valence-corrected chi connectivity index (χ1v) is 9.83. The van der Waals surface area contributed by atoms with Gasteiger partial charge >= 0.3 is 6.18 Å². The molecule has 0 aliphatic heterocycles. The molecule has 0 aliphatic rings. The van der Waals surface area contributed by atoms with Gasteiger partial charge in [-0.25, -0.2) is 17.2 Å². The second-order valence-electron chi connectivity index (χ2n) is 6.29. The molecule has 0 spiro atoms. The smallest absolute Gasteiger partial charge is 0.336 e. The van der Waals surface area contributed by atoms with Gasteiger partial charge in [0.1, 0.15) is 28.5 Å². The number of carbonyl (C=O) groups excluding carboxylic acids is 1. The minimum Gasteiger partial charge on any atom is -0.336 e. The van der Waals surface area contributed by atoms with Crippen LogP contribution in [-0.4, -0.2) is 31.1 Å². The zero-order valence-corrected chi connectivity index (χ0v) is 16.8. The van der Waals surface area contributed by atoms with E-state index in [4.69, 9.17) is 5.26 Å². The normalized spacial score (nSPS) is 12.8. The van der Waals surface area contributed by atoms with Crippen molar-refractivity contribution in [3.8, 4) is 6.07 Å². The van der Waals surface area contributed by atoms with Gasteiger partial charge in [-0.05, 0) is 31.2 Å². The van der Waals surface area contributed by atoms with Crippen molar-refractivity contribution in [1.29, 1.82) is 5.26 Å². The van der Waals surface area contributed by atoms with Gasteiger partial charge in [0.25, 0.3) is 5.91 Å². The van der Waals surface area contributed by atoms with Crippen LogP contribution in [0.3, 0.4) is 0 Å². The number of amides is 1. The molecule has 1 amide bonds. The van der Waals surface area contributed by atoms with Crippen LogP contribution < -0.4 is 10.0 Å². The molecule has 7 nitrogen and oxygen atoms in total. The van der Waals surface area contributed by atoms with Crippen molar-refractivity contribution in [1.82, 2.24) is 9.29 Å². The average molecular weight is 462 g/mol. The van der Waals surface area contributed by atoms with E-state index in [2.05, 4.69) is 11.9 Å². The molecule has 0 unspecified atom stereocenters. The fourth-order valence-electron chi connectivity index (χ4n) is 2.61. The van der Waals surface area contributed by atoms with E-state index in [1.807, 2.05) is 0 Å². The van der Waals surface area contributed by atoms with Gasteiger partial charge in [0, 0.05) is 12.7 Å². The van der Waals surface area contributed by atoms with Crippen LogP contribution in [-0.2, 0) is 17.1 Å². The Morgan fingerprint density at radius 2 is 1.94 bits per heavy atom. The lowest BCUT2D eigenvalue weighted by Crippen LogP contribution is -2.43. The zero-order valence-electron chi connectivity index (χ0n) is 16.0. The molecule has 1 aromatic carbocycles. The topological polar surface area (TPSA) is 104 Å². The maximum atomic E-state index is 15.0. The molecule has 2 rings (SSSR count). The summed E-state index contributed by atoms with van der Waals surface area (Å²) in [5.74, 6) is -3.67. The Labute approximate surface area is 173 Å². The fourth-order valence-corrected chi connectivity index (χ4v) is 4.16. The molecule has 31 heavy (non-hydrogen) atoms. The molecule has 0 saturated carbocycles. The number of sulfonamides is 1. The van der Waals surface area contributed by atoms with Crippen molar-refractivity contribution in [3.63, 3.8) is 0 Å². The Kier molecular flexibility index (Phi) is 6.57. The predicted molar refractivity (Wildman–Crippen MR) is 100 cm³/mol.